The van der Waals surface area contributed by atoms with Crippen molar-refractivity contribution in [2.75, 3.05) is 0 Å². The molecule has 0 saturated carbocycles. The second kappa shape index (κ2) is 5.40. The highest BCUT2D eigenvalue weighted by Crippen LogP contribution is 2.14. The highest BCUT2D eigenvalue weighted by Gasteiger charge is 2.16. The zero-order valence-corrected chi connectivity index (χ0v) is 9.84. The standard InChI is InChI=1S/C14H12FNO2/c1-10(14(17)11-3-2-8-16-9-11)18-13-6-4-12(15)5-7-13/h2-10H,1H3. The minimum atomic E-state index is -0.639. The van der Waals surface area contributed by atoms with Crippen LogP contribution in [0.3, 0.4) is 0 Å². The van der Waals surface area contributed by atoms with Crippen LogP contribution in [-0.4, -0.2) is 16.9 Å². The Balaban J connectivity index is 2.06. The first-order valence-corrected chi connectivity index (χ1v) is 5.53. The van der Waals surface area contributed by atoms with Gasteiger partial charge in [0.05, 0.1) is 0 Å². The number of rotatable bonds is 4. The van der Waals surface area contributed by atoms with E-state index in [4.69, 9.17) is 4.74 Å². The minimum Gasteiger partial charge on any atom is -0.483 e. The molecule has 1 atom stereocenters. The van der Waals surface area contributed by atoms with Crippen LogP contribution in [0.15, 0.2) is 48.8 Å². The van der Waals surface area contributed by atoms with Crippen LogP contribution < -0.4 is 4.74 Å². The first kappa shape index (κ1) is 12.2. The number of ether oxygens (including phenoxy) is 1. The zero-order valence-electron chi connectivity index (χ0n) is 9.84. The van der Waals surface area contributed by atoms with E-state index in [0.717, 1.165) is 0 Å². The molecule has 0 aliphatic rings. The van der Waals surface area contributed by atoms with Gasteiger partial charge in [-0.25, -0.2) is 4.39 Å². The fourth-order valence-electron chi connectivity index (χ4n) is 1.51. The molecular weight excluding hydrogens is 233 g/mol. The van der Waals surface area contributed by atoms with E-state index in [2.05, 4.69) is 4.98 Å². The third-order valence-electron chi connectivity index (χ3n) is 2.44. The van der Waals surface area contributed by atoms with E-state index >= 15 is 0 Å². The second-order valence-corrected chi connectivity index (χ2v) is 3.82. The van der Waals surface area contributed by atoms with Gasteiger partial charge in [0.15, 0.2) is 6.10 Å². The van der Waals surface area contributed by atoms with Crippen molar-refractivity contribution in [2.24, 2.45) is 0 Å². The summed E-state index contributed by atoms with van der Waals surface area (Å²) in [4.78, 5) is 15.9. The van der Waals surface area contributed by atoms with Gasteiger partial charge >= 0.3 is 0 Å². The Morgan fingerprint density at radius 1 is 1.28 bits per heavy atom. The molecule has 1 heterocycles. The van der Waals surface area contributed by atoms with Gasteiger partial charge in [-0.15, -0.1) is 0 Å². The molecule has 18 heavy (non-hydrogen) atoms. The molecule has 1 aromatic heterocycles. The predicted molar refractivity (Wildman–Crippen MR) is 65.1 cm³/mol. The van der Waals surface area contributed by atoms with Crippen LogP contribution in [0.25, 0.3) is 0 Å². The molecule has 0 N–H and O–H groups in total. The van der Waals surface area contributed by atoms with Crippen molar-refractivity contribution in [3.05, 3.63) is 60.2 Å². The Labute approximate surface area is 104 Å². The predicted octanol–water partition coefficient (Wildman–Crippen LogP) is 2.87. The van der Waals surface area contributed by atoms with Crippen LogP contribution in [0.1, 0.15) is 17.3 Å². The monoisotopic (exact) mass is 245 g/mol. The second-order valence-electron chi connectivity index (χ2n) is 3.82. The van der Waals surface area contributed by atoms with E-state index < -0.39 is 6.10 Å². The number of ketones is 1. The first-order valence-electron chi connectivity index (χ1n) is 5.53. The molecule has 2 aromatic rings. The molecule has 0 radical (unpaired) electrons. The molecule has 3 nitrogen and oxygen atoms in total. The Hall–Kier alpha value is -2.23. The number of Topliss-reactive ketones (excluding diaryl/α,β-unsaturated/α-hetero) is 1. The Morgan fingerprint density at radius 2 is 2.00 bits per heavy atom. The molecule has 0 amide bonds. The minimum absolute atomic E-state index is 0.160. The molecule has 0 fully saturated rings. The van der Waals surface area contributed by atoms with Crippen LogP contribution >= 0.6 is 0 Å². The number of hydrogen-bond acceptors (Lipinski definition) is 3. The number of carbonyl (C=O) groups is 1. The van der Waals surface area contributed by atoms with Crippen LogP contribution in [0.5, 0.6) is 5.75 Å². The third-order valence-corrected chi connectivity index (χ3v) is 2.44. The van der Waals surface area contributed by atoms with Gasteiger partial charge in [0.2, 0.25) is 5.78 Å². The molecule has 4 heteroatoms. The van der Waals surface area contributed by atoms with Gasteiger partial charge in [0.1, 0.15) is 11.6 Å². The first-order chi connectivity index (χ1) is 8.66. The van der Waals surface area contributed by atoms with E-state index in [0.29, 0.717) is 11.3 Å². The lowest BCUT2D eigenvalue weighted by molar-refractivity contribution is 0.0817. The van der Waals surface area contributed by atoms with Crippen molar-refractivity contribution >= 4 is 5.78 Å². The number of hydrogen-bond donors (Lipinski definition) is 0. The summed E-state index contributed by atoms with van der Waals surface area (Å²) in [5.74, 6) is -0.0397. The smallest absolute Gasteiger partial charge is 0.204 e. The summed E-state index contributed by atoms with van der Waals surface area (Å²) in [6.45, 7) is 1.65. The van der Waals surface area contributed by atoms with Gasteiger partial charge in [-0.1, -0.05) is 0 Å². The SMILES string of the molecule is CC(Oc1ccc(F)cc1)C(=O)c1cccnc1. The molecule has 1 unspecified atom stereocenters. The lowest BCUT2D eigenvalue weighted by Gasteiger charge is -2.13. The van der Waals surface area contributed by atoms with Crippen molar-refractivity contribution in [3.63, 3.8) is 0 Å². The summed E-state index contributed by atoms with van der Waals surface area (Å²) in [6.07, 6.45) is 2.45. The maximum absolute atomic E-state index is 12.7. The van der Waals surface area contributed by atoms with Crippen molar-refractivity contribution in [3.8, 4) is 5.75 Å². The van der Waals surface area contributed by atoms with Gasteiger partial charge in [-0.05, 0) is 43.3 Å². The number of aromatic nitrogens is 1. The normalized spacial score (nSPS) is 11.9. The fraction of sp³-hybridized carbons (Fsp3) is 0.143. The maximum atomic E-state index is 12.7. The van der Waals surface area contributed by atoms with E-state index in [9.17, 15) is 9.18 Å². The topological polar surface area (TPSA) is 39.2 Å². The molecular formula is C14H12FNO2. The molecule has 0 saturated heterocycles. The Morgan fingerprint density at radius 3 is 2.61 bits per heavy atom. The maximum Gasteiger partial charge on any atom is 0.204 e. The van der Waals surface area contributed by atoms with Gasteiger partial charge < -0.3 is 4.74 Å². The van der Waals surface area contributed by atoms with Crippen LogP contribution in [0.2, 0.25) is 0 Å². The summed E-state index contributed by atoms with van der Waals surface area (Å²) in [6, 6.07) is 8.93. The quantitative estimate of drug-likeness (QED) is 0.777. The molecule has 0 bridgehead atoms. The van der Waals surface area contributed by atoms with E-state index in [-0.39, 0.29) is 11.6 Å². The van der Waals surface area contributed by atoms with Crippen LogP contribution in [-0.2, 0) is 0 Å². The summed E-state index contributed by atoms with van der Waals surface area (Å²) >= 11 is 0. The Bertz CT molecular complexity index is 525. The van der Waals surface area contributed by atoms with Gasteiger partial charge in [-0.3, -0.25) is 9.78 Å². The highest BCUT2D eigenvalue weighted by molar-refractivity contribution is 5.99. The fourth-order valence-corrected chi connectivity index (χ4v) is 1.51. The number of halogens is 1. The number of benzene rings is 1. The molecule has 2 rings (SSSR count). The number of carbonyl (C=O) groups excluding carboxylic acids is 1. The van der Waals surface area contributed by atoms with Crippen LogP contribution in [0.4, 0.5) is 4.39 Å². The van der Waals surface area contributed by atoms with Crippen molar-refractivity contribution in [1.29, 1.82) is 0 Å². The molecule has 92 valence electrons. The summed E-state index contributed by atoms with van der Waals surface area (Å²) in [7, 11) is 0. The zero-order chi connectivity index (χ0) is 13.0. The third kappa shape index (κ3) is 2.91. The molecule has 0 aliphatic heterocycles. The average Bonchev–Trinajstić information content (AvgIpc) is 2.41. The van der Waals surface area contributed by atoms with Gasteiger partial charge in [-0.2, -0.15) is 0 Å². The summed E-state index contributed by atoms with van der Waals surface area (Å²) in [5.41, 5.74) is 0.493. The molecule has 0 aliphatic carbocycles. The highest BCUT2D eigenvalue weighted by atomic mass is 19.1. The number of nitrogens with zero attached hydrogens (tertiary/aromatic N) is 1. The summed E-state index contributed by atoms with van der Waals surface area (Å²) < 4.78 is 18.2. The largest absolute Gasteiger partial charge is 0.483 e. The van der Waals surface area contributed by atoms with Crippen LogP contribution in [0, 0.1) is 5.82 Å². The Kier molecular flexibility index (Phi) is 3.67. The van der Waals surface area contributed by atoms with Crippen molar-refractivity contribution < 1.29 is 13.9 Å². The lowest BCUT2D eigenvalue weighted by Crippen LogP contribution is -2.23. The van der Waals surface area contributed by atoms with E-state index in [1.807, 2.05) is 0 Å². The van der Waals surface area contributed by atoms with E-state index in [1.165, 1.54) is 30.5 Å². The van der Waals surface area contributed by atoms with Gasteiger partial charge in [0.25, 0.3) is 0 Å². The number of pyridine rings is 1. The molecule has 0 spiro atoms. The van der Waals surface area contributed by atoms with E-state index in [1.54, 1.807) is 25.3 Å². The van der Waals surface area contributed by atoms with Crippen molar-refractivity contribution in [2.45, 2.75) is 13.0 Å². The molecule has 1 aromatic carbocycles. The van der Waals surface area contributed by atoms with Crippen molar-refractivity contribution in [1.82, 2.24) is 4.98 Å². The summed E-state index contributed by atoms with van der Waals surface area (Å²) in [5, 5.41) is 0. The average molecular weight is 245 g/mol. The van der Waals surface area contributed by atoms with Gasteiger partial charge in [0, 0.05) is 18.0 Å². The lowest BCUT2D eigenvalue weighted by atomic mass is 10.1.